The minimum absolute atomic E-state index is 0.0894. The molecule has 1 aromatic carbocycles. The number of anilines is 1. The van der Waals surface area contributed by atoms with Crippen molar-refractivity contribution in [2.45, 2.75) is 25.7 Å². The van der Waals surface area contributed by atoms with Gasteiger partial charge in [0.15, 0.2) is 0 Å². The van der Waals surface area contributed by atoms with E-state index in [1.807, 2.05) is 0 Å². The Kier molecular flexibility index (Phi) is 6.06. The van der Waals surface area contributed by atoms with Gasteiger partial charge >= 0.3 is 12.4 Å². The first-order valence-electron chi connectivity index (χ1n) is 6.57. The van der Waals surface area contributed by atoms with Crippen LogP contribution in [0.4, 0.5) is 32.0 Å². The van der Waals surface area contributed by atoms with E-state index >= 15 is 0 Å². The van der Waals surface area contributed by atoms with E-state index in [0.717, 1.165) is 0 Å². The summed E-state index contributed by atoms with van der Waals surface area (Å²) in [7, 11) is -4.09. The van der Waals surface area contributed by atoms with Crippen molar-refractivity contribution >= 4 is 20.6 Å². The SMILES string of the molecule is CCCS(=O)(=O)/C(C#N)=N\Nc1cc(C(F)(F)F)cc(C(F)(F)F)c1. The zero-order valence-corrected chi connectivity index (χ0v) is 13.3. The lowest BCUT2D eigenvalue weighted by Crippen LogP contribution is -2.18. The molecule has 0 radical (unpaired) electrons. The highest BCUT2D eigenvalue weighted by Gasteiger charge is 2.37. The molecule has 0 amide bonds. The Hall–Kier alpha value is -2.29. The van der Waals surface area contributed by atoms with Gasteiger partial charge in [0.25, 0.3) is 5.04 Å². The molecule has 0 saturated carbocycles. The molecule has 138 valence electrons. The number of nitrogens with one attached hydrogen (secondary N) is 1. The van der Waals surface area contributed by atoms with Gasteiger partial charge in [-0.1, -0.05) is 6.92 Å². The summed E-state index contributed by atoms with van der Waals surface area (Å²) in [6.07, 6.45) is -9.98. The zero-order chi connectivity index (χ0) is 19.5. The highest BCUT2D eigenvalue weighted by molar-refractivity contribution is 8.07. The molecule has 12 heteroatoms. The Morgan fingerprint density at radius 3 is 1.96 bits per heavy atom. The minimum Gasteiger partial charge on any atom is -0.277 e. The Labute approximate surface area is 138 Å². The van der Waals surface area contributed by atoms with Gasteiger partial charge < -0.3 is 0 Å². The van der Waals surface area contributed by atoms with Crippen LogP contribution in [0.25, 0.3) is 0 Å². The van der Waals surface area contributed by atoms with Crippen molar-refractivity contribution in [3.8, 4) is 6.07 Å². The first-order chi connectivity index (χ1) is 11.3. The number of sulfone groups is 1. The molecule has 0 aliphatic carbocycles. The quantitative estimate of drug-likeness (QED) is 0.369. The number of nitriles is 1. The summed E-state index contributed by atoms with van der Waals surface area (Å²) in [5.41, 5.74) is -2.19. The van der Waals surface area contributed by atoms with Crippen LogP contribution in [-0.4, -0.2) is 19.2 Å². The van der Waals surface area contributed by atoms with Crippen molar-refractivity contribution < 1.29 is 34.8 Å². The molecule has 0 atom stereocenters. The maximum Gasteiger partial charge on any atom is 0.416 e. The summed E-state index contributed by atoms with van der Waals surface area (Å²) < 4.78 is 99.6. The molecular weight excluding hydrogens is 376 g/mol. The molecule has 0 spiro atoms. The first kappa shape index (κ1) is 20.8. The second-order valence-corrected chi connectivity index (χ2v) is 6.78. The Morgan fingerprint density at radius 2 is 1.60 bits per heavy atom. The lowest BCUT2D eigenvalue weighted by atomic mass is 10.1. The van der Waals surface area contributed by atoms with Gasteiger partial charge in [0.05, 0.1) is 22.6 Å². The molecule has 0 aliphatic heterocycles. The van der Waals surface area contributed by atoms with Crippen LogP contribution in [0.1, 0.15) is 24.5 Å². The fourth-order valence-electron chi connectivity index (χ4n) is 1.66. The molecule has 1 N–H and O–H groups in total. The number of benzene rings is 1. The van der Waals surface area contributed by atoms with Crippen LogP contribution in [0.15, 0.2) is 23.3 Å². The third-order valence-corrected chi connectivity index (χ3v) is 4.45. The summed E-state index contributed by atoms with van der Waals surface area (Å²) in [6.45, 7) is 1.50. The smallest absolute Gasteiger partial charge is 0.277 e. The number of hydrogen-bond donors (Lipinski definition) is 1. The number of alkyl halides is 6. The summed E-state index contributed by atoms with van der Waals surface area (Å²) in [4.78, 5) is 0. The molecule has 0 aliphatic rings. The predicted octanol–water partition coefficient (Wildman–Crippen LogP) is 3.80. The largest absolute Gasteiger partial charge is 0.416 e. The molecule has 0 fully saturated rings. The molecule has 1 aromatic rings. The number of hydrogen-bond acceptors (Lipinski definition) is 5. The van der Waals surface area contributed by atoms with Crippen molar-refractivity contribution in [1.82, 2.24) is 0 Å². The maximum atomic E-state index is 12.7. The molecule has 0 unspecified atom stereocenters. The standard InChI is InChI=1S/C13H11F6N3O2S/c1-2-3-25(23,24)11(7-20)22-21-10-5-8(12(14,15)16)4-9(6-10)13(17,18)19/h4-6,21H,2-3H2,1H3/b22-11-. The lowest BCUT2D eigenvalue weighted by Gasteiger charge is -2.14. The second-order valence-electron chi connectivity index (χ2n) is 4.75. The Morgan fingerprint density at radius 1 is 1.12 bits per heavy atom. The van der Waals surface area contributed by atoms with Crippen molar-refractivity contribution in [2.75, 3.05) is 11.2 Å². The summed E-state index contributed by atoms with van der Waals surface area (Å²) in [5, 5.41) is 10.9. The number of rotatable bonds is 4. The molecular formula is C13H11F6N3O2S. The fraction of sp³-hybridized carbons (Fsp3) is 0.385. The summed E-state index contributed by atoms with van der Waals surface area (Å²) in [5.74, 6) is -0.447. The van der Waals surface area contributed by atoms with Gasteiger partial charge in [-0.2, -0.15) is 36.7 Å². The third kappa shape index (κ3) is 5.63. The van der Waals surface area contributed by atoms with Gasteiger partial charge in [0.2, 0.25) is 9.84 Å². The Bertz CT molecular complexity index is 774. The van der Waals surface area contributed by atoms with Crippen LogP contribution >= 0.6 is 0 Å². The number of halogens is 6. The van der Waals surface area contributed by atoms with Crippen LogP contribution < -0.4 is 5.43 Å². The number of nitrogens with zero attached hydrogens (tertiary/aromatic N) is 2. The minimum atomic E-state index is -5.06. The van der Waals surface area contributed by atoms with Crippen molar-refractivity contribution in [2.24, 2.45) is 5.10 Å². The Balaban J connectivity index is 3.34. The lowest BCUT2D eigenvalue weighted by molar-refractivity contribution is -0.143. The maximum absolute atomic E-state index is 12.7. The topological polar surface area (TPSA) is 82.3 Å². The van der Waals surface area contributed by atoms with E-state index in [4.69, 9.17) is 5.26 Å². The molecule has 0 saturated heterocycles. The molecule has 25 heavy (non-hydrogen) atoms. The number of hydrazone groups is 1. The highest BCUT2D eigenvalue weighted by atomic mass is 32.2. The zero-order valence-electron chi connectivity index (χ0n) is 12.5. The second kappa shape index (κ2) is 7.30. The highest BCUT2D eigenvalue weighted by Crippen LogP contribution is 2.37. The van der Waals surface area contributed by atoms with Gasteiger partial charge in [-0.05, 0) is 24.6 Å². The van der Waals surface area contributed by atoms with Gasteiger partial charge in [0, 0.05) is 0 Å². The molecule has 0 heterocycles. The van der Waals surface area contributed by atoms with Crippen molar-refractivity contribution in [1.29, 1.82) is 5.26 Å². The van der Waals surface area contributed by atoms with Gasteiger partial charge in [-0.25, -0.2) is 8.42 Å². The van der Waals surface area contributed by atoms with E-state index in [0.29, 0.717) is 12.1 Å². The van der Waals surface area contributed by atoms with Gasteiger partial charge in [0.1, 0.15) is 6.07 Å². The van der Waals surface area contributed by atoms with E-state index in [9.17, 15) is 34.8 Å². The van der Waals surface area contributed by atoms with E-state index in [-0.39, 0.29) is 12.5 Å². The summed E-state index contributed by atoms with van der Waals surface area (Å²) >= 11 is 0. The average Bonchev–Trinajstić information content (AvgIpc) is 2.45. The third-order valence-electron chi connectivity index (χ3n) is 2.74. The van der Waals surface area contributed by atoms with Gasteiger partial charge in [-0.3, -0.25) is 5.43 Å². The van der Waals surface area contributed by atoms with Crippen molar-refractivity contribution in [3.63, 3.8) is 0 Å². The van der Waals surface area contributed by atoms with Crippen LogP contribution in [-0.2, 0) is 22.2 Å². The normalized spacial score (nSPS) is 13.4. The molecule has 0 bridgehead atoms. The van der Waals surface area contributed by atoms with E-state index in [2.05, 4.69) is 5.10 Å². The van der Waals surface area contributed by atoms with E-state index in [1.54, 1.807) is 5.43 Å². The van der Waals surface area contributed by atoms with Gasteiger partial charge in [-0.15, -0.1) is 0 Å². The average molecular weight is 387 g/mol. The van der Waals surface area contributed by atoms with Crippen LogP contribution in [0.2, 0.25) is 0 Å². The van der Waals surface area contributed by atoms with Crippen LogP contribution in [0, 0.1) is 11.3 Å². The first-order valence-corrected chi connectivity index (χ1v) is 8.22. The van der Waals surface area contributed by atoms with Crippen LogP contribution in [0.3, 0.4) is 0 Å². The fourth-order valence-corrected chi connectivity index (χ4v) is 2.72. The molecule has 0 aromatic heterocycles. The summed E-state index contributed by atoms with van der Waals surface area (Å²) in [6, 6.07) is 1.79. The van der Waals surface area contributed by atoms with E-state index in [1.165, 1.54) is 13.0 Å². The van der Waals surface area contributed by atoms with Crippen LogP contribution in [0.5, 0.6) is 0 Å². The molecule has 5 nitrogen and oxygen atoms in total. The molecule has 1 rings (SSSR count). The monoisotopic (exact) mass is 387 g/mol. The van der Waals surface area contributed by atoms with E-state index < -0.39 is 49.8 Å². The van der Waals surface area contributed by atoms with Crippen molar-refractivity contribution in [3.05, 3.63) is 29.3 Å². The predicted molar refractivity (Wildman–Crippen MR) is 77.2 cm³/mol.